The number of aliphatic carboxylic acids is 1. The summed E-state index contributed by atoms with van der Waals surface area (Å²) in [5.74, 6) is -2.69. The summed E-state index contributed by atoms with van der Waals surface area (Å²) in [6.45, 7) is 0. The summed E-state index contributed by atoms with van der Waals surface area (Å²) < 4.78 is 0. The van der Waals surface area contributed by atoms with Crippen LogP contribution >= 0.6 is 0 Å². The highest BCUT2D eigenvalue weighted by molar-refractivity contribution is 6.13. The molecule has 0 saturated heterocycles. The van der Waals surface area contributed by atoms with Crippen LogP contribution in [0.2, 0.25) is 0 Å². The summed E-state index contributed by atoms with van der Waals surface area (Å²) in [6.07, 6.45) is 3.69. The molecule has 0 aliphatic carbocycles. The number of nitrogens with one attached hydrogen (secondary N) is 5. The molecule has 10 nitrogen and oxygen atoms in total. The summed E-state index contributed by atoms with van der Waals surface area (Å²) in [4.78, 5) is 58.2. The Morgan fingerprint density at radius 2 is 1.13 bits per heavy atom. The third kappa shape index (κ3) is 6.30. The van der Waals surface area contributed by atoms with Gasteiger partial charge in [-0.15, -0.1) is 0 Å². The van der Waals surface area contributed by atoms with Crippen molar-refractivity contribution in [1.82, 2.24) is 15.3 Å². The molecule has 0 spiro atoms. The van der Waals surface area contributed by atoms with Gasteiger partial charge in [-0.25, -0.2) is 4.79 Å². The third-order valence-electron chi connectivity index (χ3n) is 7.59. The number of carboxylic acid groups (broad SMARTS) is 1. The summed E-state index contributed by atoms with van der Waals surface area (Å²) in [6, 6.07) is 26.9. The average molecular weight is 600 g/mol. The molecule has 4 aromatic carbocycles. The lowest BCUT2D eigenvalue weighted by molar-refractivity contribution is -0.139. The van der Waals surface area contributed by atoms with Gasteiger partial charge in [-0.05, 0) is 47.5 Å². The van der Waals surface area contributed by atoms with Crippen LogP contribution in [0.5, 0.6) is 0 Å². The van der Waals surface area contributed by atoms with Gasteiger partial charge in [0.1, 0.15) is 6.04 Å². The highest BCUT2D eigenvalue weighted by Crippen LogP contribution is 2.23. The van der Waals surface area contributed by atoms with E-state index >= 15 is 0 Å². The molecule has 6 N–H and O–H groups in total. The second-order valence-electron chi connectivity index (χ2n) is 10.6. The third-order valence-corrected chi connectivity index (χ3v) is 7.59. The Labute approximate surface area is 257 Å². The number of amides is 3. The number of rotatable bonds is 10. The minimum Gasteiger partial charge on any atom is -0.480 e. The molecule has 6 aromatic rings. The molecule has 0 aliphatic heterocycles. The highest BCUT2D eigenvalue weighted by atomic mass is 16.4. The lowest BCUT2D eigenvalue weighted by Crippen LogP contribution is -2.42. The van der Waals surface area contributed by atoms with Gasteiger partial charge in [-0.1, -0.05) is 60.7 Å². The van der Waals surface area contributed by atoms with Crippen LogP contribution in [0.3, 0.4) is 0 Å². The number of fused-ring (bicyclic) bond motifs is 2. The highest BCUT2D eigenvalue weighted by Gasteiger charge is 2.24. The minimum absolute atomic E-state index is 0.0608. The van der Waals surface area contributed by atoms with Crippen LogP contribution in [0.4, 0.5) is 11.4 Å². The number of H-pyrrole nitrogens is 2. The molecule has 0 saturated carbocycles. The van der Waals surface area contributed by atoms with Gasteiger partial charge in [0.25, 0.3) is 11.8 Å². The Morgan fingerprint density at radius 3 is 1.78 bits per heavy atom. The summed E-state index contributed by atoms with van der Waals surface area (Å²) >= 11 is 0. The van der Waals surface area contributed by atoms with Crippen LogP contribution < -0.4 is 16.0 Å². The molecular formula is C35H29N5O5. The van der Waals surface area contributed by atoms with E-state index in [9.17, 15) is 24.3 Å². The number of aromatic nitrogens is 2. The zero-order valence-electron chi connectivity index (χ0n) is 24.0. The lowest BCUT2D eigenvalue weighted by Gasteiger charge is -2.17. The van der Waals surface area contributed by atoms with E-state index in [1.165, 1.54) is 6.07 Å². The predicted octanol–water partition coefficient (Wildman–Crippen LogP) is 5.51. The molecule has 1 atom stereocenters. The van der Waals surface area contributed by atoms with Crippen LogP contribution in [0.1, 0.15) is 31.8 Å². The number of benzene rings is 4. The molecule has 2 aromatic heterocycles. The first-order valence-electron chi connectivity index (χ1n) is 14.3. The summed E-state index contributed by atoms with van der Waals surface area (Å²) in [5.41, 5.74) is 4.17. The average Bonchev–Trinajstić information content (AvgIpc) is 3.65. The maximum absolute atomic E-state index is 13.5. The SMILES string of the molecule is O=C(Cc1c[nH]c2ccccc12)Nc1ccccc1C(=O)Nc1ccccc1C(=O)NC(Cc1c[nH]c2ccccc12)C(=O)O. The number of anilines is 2. The fourth-order valence-corrected chi connectivity index (χ4v) is 5.37. The normalized spacial score (nSPS) is 11.6. The molecule has 45 heavy (non-hydrogen) atoms. The number of hydrogen-bond donors (Lipinski definition) is 6. The zero-order valence-corrected chi connectivity index (χ0v) is 24.0. The van der Waals surface area contributed by atoms with Crippen molar-refractivity contribution in [2.45, 2.75) is 18.9 Å². The van der Waals surface area contributed by atoms with Gasteiger partial charge in [-0.2, -0.15) is 0 Å². The van der Waals surface area contributed by atoms with Crippen molar-refractivity contribution in [2.75, 3.05) is 10.6 Å². The molecule has 224 valence electrons. The second-order valence-corrected chi connectivity index (χ2v) is 10.6. The largest absolute Gasteiger partial charge is 0.480 e. The quantitative estimate of drug-likeness (QED) is 0.123. The van der Waals surface area contributed by atoms with Crippen molar-refractivity contribution < 1.29 is 24.3 Å². The van der Waals surface area contributed by atoms with Gasteiger partial charge in [-0.3, -0.25) is 14.4 Å². The van der Waals surface area contributed by atoms with Gasteiger partial charge in [0.15, 0.2) is 0 Å². The Morgan fingerprint density at radius 1 is 0.622 bits per heavy atom. The molecule has 0 aliphatic rings. The van der Waals surface area contributed by atoms with E-state index in [4.69, 9.17) is 0 Å². The molecule has 1 unspecified atom stereocenters. The van der Waals surface area contributed by atoms with Crippen molar-refractivity contribution in [2.24, 2.45) is 0 Å². The topological polar surface area (TPSA) is 156 Å². The zero-order chi connectivity index (χ0) is 31.3. The van der Waals surface area contributed by atoms with Crippen LogP contribution in [-0.2, 0) is 22.4 Å². The van der Waals surface area contributed by atoms with Crippen molar-refractivity contribution in [1.29, 1.82) is 0 Å². The molecule has 0 radical (unpaired) electrons. The lowest BCUT2D eigenvalue weighted by atomic mass is 10.0. The first-order chi connectivity index (χ1) is 21.9. The van der Waals surface area contributed by atoms with Gasteiger partial charge in [0.05, 0.1) is 28.9 Å². The van der Waals surface area contributed by atoms with Crippen molar-refractivity contribution in [3.8, 4) is 0 Å². The minimum atomic E-state index is -1.21. The predicted molar refractivity (Wildman–Crippen MR) is 172 cm³/mol. The van der Waals surface area contributed by atoms with Gasteiger partial charge in [0, 0.05) is 40.6 Å². The Balaban J connectivity index is 1.16. The number of aromatic amines is 2. The fourth-order valence-electron chi connectivity index (χ4n) is 5.37. The van der Waals surface area contributed by atoms with Gasteiger partial charge >= 0.3 is 5.97 Å². The maximum atomic E-state index is 13.5. The van der Waals surface area contributed by atoms with E-state index in [0.29, 0.717) is 5.69 Å². The van der Waals surface area contributed by atoms with E-state index in [1.54, 1.807) is 54.9 Å². The number of carbonyl (C=O) groups is 4. The second kappa shape index (κ2) is 12.6. The standard InChI is InChI=1S/C35H29N5O5/c41-32(18-22-20-37-28-14-6-2-10-24(22)28)38-29-15-7-3-11-25(29)33(42)39-30-16-8-4-12-26(30)34(43)40-31(35(44)45)17-21-19-36-27-13-5-1-9-23(21)27/h1-16,19-20,31,36-37H,17-18H2,(H,38,41)(H,39,42)(H,40,43)(H,44,45). The summed E-state index contributed by atoms with van der Waals surface area (Å²) in [5, 5.41) is 19.9. The summed E-state index contributed by atoms with van der Waals surface area (Å²) in [7, 11) is 0. The molecule has 0 fully saturated rings. The Bertz CT molecular complexity index is 2060. The number of para-hydroxylation sites is 4. The van der Waals surface area contributed by atoms with Crippen LogP contribution in [-0.4, -0.2) is 44.8 Å². The Kier molecular flexibility index (Phi) is 8.10. The first kappa shape index (κ1) is 28.9. The van der Waals surface area contributed by atoms with Crippen LogP contribution in [0.15, 0.2) is 109 Å². The van der Waals surface area contributed by atoms with E-state index in [0.717, 1.165) is 32.9 Å². The smallest absolute Gasteiger partial charge is 0.326 e. The molecule has 3 amide bonds. The number of hydrogen-bond acceptors (Lipinski definition) is 4. The number of carbonyl (C=O) groups excluding carboxylic acids is 3. The molecule has 10 heteroatoms. The van der Waals surface area contributed by atoms with Crippen molar-refractivity contribution >= 4 is 56.9 Å². The van der Waals surface area contributed by atoms with Crippen molar-refractivity contribution in [3.63, 3.8) is 0 Å². The Hall–Kier alpha value is -6.16. The number of carboxylic acids is 1. The van der Waals surface area contributed by atoms with E-state index < -0.39 is 23.8 Å². The molecule has 6 rings (SSSR count). The van der Waals surface area contributed by atoms with Crippen LogP contribution in [0, 0.1) is 0 Å². The maximum Gasteiger partial charge on any atom is 0.326 e. The first-order valence-corrected chi connectivity index (χ1v) is 14.3. The van der Waals surface area contributed by atoms with E-state index in [2.05, 4.69) is 25.9 Å². The molecule has 2 heterocycles. The molecule has 0 bridgehead atoms. The van der Waals surface area contributed by atoms with E-state index in [1.807, 2.05) is 48.5 Å². The van der Waals surface area contributed by atoms with Crippen molar-refractivity contribution in [3.05, 3.63) is 132 Å². The monoisotopic (exact) mass is 599 g/mol. The van der Waals surface area contributed by atoms with E-state index in [-0.39, 0.29) is 35.6 Å². The van der Waals surface area contributed by atoms with Gasteiger partial charge in [0.2, 0.25) is 5.91 Å². The fraction of sp³-hybridized carbons (Fsp3) is 0.0857. The van der Waals surface area contributed by atoms with Crippen LogP contribution in [0.25, 0.3) is 21.8 Å². The molecular weight excluding hydrogens is 570 g/mol. The van der Waals surface area contributed by atoms with Gasteiger partial charge < -0.3 is 31.0 Å².